The lowest BCUT2D eigenvalue weighted by atomic mass is 9.68. The fourth-order valence-electron chi connectivity index (χ4n) is 13.2. The van der Waals surface area contributed by atoms with Crippen LogP contribution in [0.25, 0.3) is 131 Å². The lowest BCUT2D eigenvalue weighted by Gasteiger charge is -2.32. The molecule has 1 nitrogen and oxygen atoms in total. The Hall–Kier alpha value is -8.78. The Morgan fingerprint density at radius 3 is 1.38 bits per heavy atom. The molecule has 0 fully saturated rings. The summed E-state index contributed by atoms with van der Waals surface area (Å²) in [6.45, 7) is 0. The predicted molar refractivity (Wildman–Crippen MR) is 286 cm³/mol. The second kappa shape index (κ2) is 13.2. The van der Waals surface area contributed by atoms with Crippen LogP contribution >= 0.6 is 0 Å². The first-order valence-corrected chi connectivity index (χ1v) is 23.7. The third kappa shape index (κ3) is 4.56. The molecule has 0 aliphatic heterocycles. The molecule has 2 aliphatic carbocycles. The third-order valence-corrected chi connectivity index (χ3v) is 15.8. The van der Waals surface area contributed by atoms with Crippen molar-refractivity contribution in [3.8, 4) is 44.5 Å². The molecule has 1 aromatic heterocycles. The molecule has 0 bridgehead atoms. The summed E-state index contributed by atoms with van der Waals surface area (Å²) in [5.41, 5.74) is 17.0. The number of hydrogen-bond donors (Lipinski definition) is 0. The molecule has 312 valence electrons. The van der Waals surface area contributed by atoms with Crippen molar-refractivity contribution in [2.24, 2.45) is 0 Å². The first-order chi connectivity index (χ1) is 33.7. The van der Waals surface area contributed by atoms with Crippen molar-refractivity contribution >= 4 is 86.6 Å². The van der Waals surface area contributed by atoms with E-state index in [2.05, 4.69) is 231 Å². The highest BCUT2D eigenvalue weighted by atomic mass is 16.3. The van der Waals surface area contributed by atoms with Crippen molar-refractivity contribution in [2.45, 2.75) is 5.41 Å². The second-order valence-corrected chi connectivity index (χ2v) is 19.0. The smallest absolute Gasteiger partial charge is 0.136 e. The average Bonchev–Trinajstić information content (AvgIpc) is 4.03. The van der Waals surface area contributed by atoms with E-state index in [1.54, 1.807) is 0 Å². The van der Waals surface area contributed by atoms with E-state index in [0.717, 1.165) is 21.9 Å². The third-order valence-electron chi connectivity index (χ3n) is 15.8. The maximum atomic E-state index is 6.50. The van der Waals surface area contributed by atoms with Crippen LogP contribution in [0, 0.1) is 0 Å². The number of furan rings is 1. The Morgan fingerprint density at radius 1 is 0.250 bits per heavy atom. The van der Waals surface area contributed by atoms with Crippen LogP contribution in [0.4, 0.5) is 0 Å². The number of hydrogen-bond acceptors (Lipinski definition) is 1. The van der Waals surface area contributed by atoms with Crippen LogP contribution in [0.1, 0.15) is 22.3 Å². The summed E-state index contributed by atoms with van der Waals surface area (Å²) in [6.07, 6.45) is 0. The SMILES string of the molecule is c1ccc2c(c1)-c1ccccc1C21c2c(ccc3ccccc23)-c2c1c1ccc(-c3c4ccccc4c(-c4ccc5oc6cc7ccccc7cc6c5c4)c4ccccc34)cc1c1ccccc21. The van der Waals surface area contributed by atoms with Gasteiger partial charge in [0, 0.05) is 10.8 Å². The van der Waals surface area contributed by atoms with Gasteiger partial charge in [-0.15, -0.1) is 0 Å². The van der Waals surface area contributed by atoms with E-state index in [1.165, 1.54) is 131 Å². The summed E-state index contributed by atoms with van der Waals surface area (Å²) in [6, 6.07) is 86.5. The Bertz CT molecular complexity index is 4460. The van der Waals surface area contributed by atoms with Gasteiger partial charge < -0.3 is 4.42 Å². The quantitative estimate of drug-likeness (QED) is 0.125. The van der Waals surface area contributed by atoms with Crippen molar-refractivity contribution < 1.29 is 4.42 Å². The maximum Gasteiger partial charge on any atom is 0.136 e. The lowest BCUT2D eigenvalue weighted by molar-refractivity contribution is 0.669. The highest BCUT2D eigenvalue weighted by molar-refractivity contribution is 6.25. The Kier molecular flexibility index (Phi) is 7.07. The van der Waals surface area contributed by atoms with Crippen LogP contribution in [0.5, 0.6) is 0 Å². The van der Waals surface area contributed by atoms with Crippen molar-refractivity contribution in [3.05, 3.63) is 253 Å². The van der Waals surface area contributed by atoms with Gasteiger partial charge in [0.1, 0.15) is 11.2 Å². The molecule has 0 saturated heterocycles. The van der Waals surface area contributed by atoms with E-state index < -0.39 is 5.41 Å². The maximum absolute atomic E-state index is 6.50. The second-order valence-electron chi connectivity index (χ2n) is 19.0. The van der Waals surface area contributed by atoms with Gasteiger partial charge in [0.2, 0.25) is 0 Å². The number of rotatable bonds is 2. The van der Waals surface area contributed by atoms with Gasteiger partial charge >= 0.3 is 0 Å². The molecule has 2 aliphatic rings. The monoisotopic (exact) mass is 858 g/mol. The van der Waals surface area contributed by atoms with Gasteiger partial charge in [0.15, 0.2) is 0 Å². The van der Waals surface area contributed by atoms with Crippen LogP contribution < -0.4 is 0 Å². The van der Waals surface area contributed by atoms with E-state index in [-0.39, 0.29) is 0 Å². The fourth-order valence-corrected chi connectivity index (χ4v) is 13.2. The zero-order valence-corrected chi connectivity index (χ0v) is 36.8. The molecule has 1 heterocycles. The first kappa shape index (κ1) is 36.4. The largest absolute Gasteiger partial charge is 0.456 e. The van der Waals surface area contributed by atoms with E-state index in [0.29, 0.717) is 0 Å². The normalized spacial score (nSPS) is 13.4. The molecule has 0 amide bonds. The molecular formula is C67H38O. The van der Waals surface area contributed by atoms with Crippen molar-refractivity contribution in [1.82, 2.24) is 0 Å². The summed E-state index contributed by atoms with van der Waals surface area (Å²) >= 11 is 0. The van der Waals surface area contributed by atoms with Gasteiger partial charge in [0.05, 0.1) is 5.41 Å². The Morgan fingerprint density at radius 2 is 0.735 bits per heavy atom. The molecular weight excluding hydrogens is 821 g/mol. The minimum atomic E-state index is -0.516. The van der Waals surface area contributed by atoms with E-state index in [1.807, 2.05) is 0 Å². The predicted octanol–water partition coefficient (Wildman–Crippen LogP) is 18.2. The van der Waals surface area contributed by atoms with Gasteiger partial charge in [-0.25, -0.2) is 0 Å². The van der Waals surface area contributed by atoms with Gasteiger partial charge in [-0.2, -0.15) is 0 Å². The van der Waals surface area contributed by atoms with Gasteiger partial charge in [-0.3, -0.25) is 0 Å². The molecule has 1 spiro atoms. The minimum Gasteiger partial charge on any atom is -0.456 e. The molecule has 16 rings (SSSR count). The molecule has 68 heavy (non-hydrogen) atoms. The molecule has 13 aromatic carbocycles. The van der Waals surface area contributed by atoms with Crippen LogP contribution in [-0.4, -0.2) is 0 Å². The molecule has 1 heteroatoms. The van der Waals surface area contributed by atoms with Gasteiger partial charge in [-0.1, -0.05) is 200 Å². The molecule has 0 radical (unpaired) electrons. The topological polar surface area (TPSA) is 13.1 Å². The van der Waals surface area contributed by atoms with E-state index in [9.17, 15) is 0 Å². The standard InChI is InChI=1S/C67H38O/c1-2-17-41-38-61-57(35-40(41)16-1)56-37-43(31-34-60(56)68-61)63-51-25-9-7-23-49(51)62(50-24-8-10-26-52(50)63)42-30-32-53-55(36-42)45-19-5-6-22-48(45)64-54-33-29-39-15-3-4-18-44(39)65(54)67(66(53)64)58-27-13-11-20-46(58)47-21-12-14-28-59(47)67/h1-38H. The Balaban J connectivity index is 0.993. The van der Waals surface area contributed by atoms with Crippen LogP contribution in [-0.2, 0) is 5.41 Å². The summed E-state index contributed by atoms with van der Waals surface area (Å²) < 4.78 is 6.50. The van der Waals surface area contributed by atoms with Crippen LogP contribution in [0.2, 0.25) is 0 Å². The zero-order valence-electron chi connectivity index (χ0n) is 36.8. The number of benzene rings is 13. The zero-order chi connectivity index (χ0) is 44.2. The lowest BCUT2D eigenvalue weighted by Crippen LogP contribution is -2.26. The molecule has 0 N–H and O–H groups in total. The highest BCUT2D eigenvalue weighted by Crippen LogP contribution is 2.66. The first-order valence-electron chi connectivity index (χ1n) is 23.7. The summed E-state index contributed by atoms with van der Waals surface area (Å²) in [7, 11) is 0. The van der Waals surface area contributed by atoms with Crippen LogP contribution in [0.15, 0.2) is 235 Å². The molecule has 0 unspecified atom stereocenters. The highest BCUT2D eigenvalue weighted by Gasteiger charge is 2.53. The summed E-state index contributed by atoms with van der Waals surface area (Å²) in [5, 5.41) is 17.3. The van der Waals surface area contributed by atoms with Crippen molar-refractivity contribution in [2.75, 3.05) is 0 Å². The summed E-state index contributed by atoms with van der Waals surface area (Å²) in [4.78, 5) is 0. The Labute approximate surface area is 391 Å². The van der Waals surface area contributed by atoms with Crippen LogP contribution in [0.3, 0.4) is 0 Å². The summed E-state index contributed by atoms with van der Waals surface area (Å²) in [5.74, 6) is 0. The number of fused-ring (bicyclic) bond motifs is 23. The fraction of sp³-hybridized carbons (Fsp3) is 0.0149. The average molecular weight is 859 g/mol. The van der Waals surface area contributed by atoms with E-state index >= 15 is 0 Å². The van der Waals surface area contributed by atoms with Crippen molar-refractivity contribution in [1.29, 1.82) is 0 Å². The minimum absolute atomic E-state index is 0.516. The molecule has 0 atom stereocenters. The van der Waals surface area contributed by atoms with E-state index in [4.69, 9.17) is 4.42 Å². The van der Waals surface area contributed by atoms with Gasteiger partial charge in [-0.05, 0) is 162 Å². The molecule has 0 saturated carbocycles. The van der Waals surface area contributed by atoms with Crippen molar-refractivity contribution in [3.63, 3.8) is 0 Å². The van der Waals surface area contributed by atoms with Gasteiger partial charge in [0.25, 0.3) is 0 Å². The molecule has 14 aromatic rings.